The molecule has 3 aromatic carbocycles. The van der Waals surface area contributed by atoms with Crippen molar-refractivity contribution in [3.63, 3.8) is 0 Å². The zero-order valence-electron chi connectivity index (χ0n) is 21.7. The lowest BCUT2D eigenvalue weighted by Gasteiger charge is -2.31. The van der Waals surface area contributed by atoms with Gasteiger partial charge in [0.1, 0.15) is 6.04 Å². The number of nitrogens with one attached hydrogen (secondary N) is 1. The molecule has 1 heterocycles. The predicted octanol–water partition coefficient (Wildman–Crippen LogP) is 5.81. The van der Waals surface area contributed by atoms with Crippen LogP contribution in [0.25, 0.3) is 10.8 Å². The van der Waals surface area contributed by atoms with Gasteiger partial charge in [0.2, 0.25) is 11.8 Å². The Bertz CT molecular complexity index is 1280. The molecule has 0 saturated carbocycles. The third kappa shape index (κ3) is 5.96. The molecular formula is C30H34ClN3O3. The molecule has 7 heteroatoms. The van der Waals surface area contributed by atoms with Crippen molar-refractivity contribution in [1.29, 1.82) is 0 Å². The molecule has 1 N–H and O–H groups in total. The summed E-state index contributed by atoms with van der Waals surface area (Å²) in [6.07, 6.45) is 1.24. The van der Waals surface area contributed by atoms with Gasteiger partial charge in [-0.1, -0.05) is 68.8 Å². The summed E-state index contributed by atoms with van der Waals surface area (Å²) in [5.41, 5.74) is 2.50. The second-order valence-corrected chi connectivity index (χ2v) is 10.4. The van der Waals surface area contributed by atoms with Gasteiger partial charge in [-0.25, -0.2) is 0 Å². The van der Waals surface area contributed by atoms with Crippen LogP contribution in [0.2, 0.25) is 5.02 Å². The highest BCUT2D eigenvalue weighted by Crippen LogP contribution is 2.37. The van der Waals surface area contributed by atoms with Gasteiger partial charge in [0, 0.05) is 42.0 Å². The van der Waals surface area contributed by atoms with Gasteiger partial charge in [-0.3, -0.25) is 14.4 Å². The van der Waals surface area contributed by atoms with Crippen molar-refractivity contribution in [3.8, 4) is 0 Å². The van der Waals surface area contributed by atoms with Crippen LogP contribution in [0, 0.1) is 5.92 Å². The first-order valence-corrected chi connectivity index (χ1v) is 13.3. The summed E-state index contributed by atoms with van der Waals surface area (Å²) in [6, 6.07) is 18.4. The highest BCUT2D eigenvalue weighted by molar-refractivity contribution is 6.30. The van der Waals surface area contributed by atoms with Crippen LogP contribution in [0.3, 0.4) is 0 Å². The van der Waals surface area contributed by atoms with Gasteiger partial charge in [-0.05, 0) is 54.0 Å². The molecule has 0 spiro atoms. The van der Waals surface area contributed by atoms with Crippen molar-refractivity contribution in [3.05, 3.63) is 76.8 Å². The van der Waals surface area contributed by atoms with E-state index in [4.69, 9.17) is 11.6 Å². The van der Waals surface area contributed by atoms with Crippen LogP contribution >= 0.6 is 11.6 Å². The summed E-state index contributed by atoms with van der Waals surface area (Å²) < 4.78 is 0. The number of anilines is 1. The molecule has 194 valence electrons. The van der Waals surface area contributed by atoms with Gasteiger partial charge >= 0.3 is 0 Å². The fourth-order valence-corrected chi connectivity index (χ4v) is 4.99. The van der Waals surface area contributed by atoms with E-state index in [0.29, 0.717) is 49.0 Å². The minimum atomic E-state index is -0.576. The highest BCUT2D eigenvalue weighted by atomic mass is 35.5. The maximum atomic E-state index is 13.5. The predicted molar refractivity (Wildman–Crippen MR) is 149 cm³/mol. The number of hydrogen-bond acceptors (Lipinski definition) is 3. The summed E-state index contributed by atoms with van der Waals surface area (Å²) in [4.78, 5) is 43.1. The van der Waals surface area contributed by atoms with E-state index in [-0.39, 0.29) is 24.1 Å². The smallest absolute Gasteiger partial charge is 0.258 e. The zero-order valence-corrected chi connectivity index (χ0v) is 22.4. The maximum absolute atomic E-state index is 13.5. The number of amides is 3. The maximum Gasteiger partial charge on any atom is 0.258 e. The van der Waals surface area contributed by atoms with E-state index in [1.807, 2.05) is 69.3 Å². The minimum Gasteiger partial charge on any atom is -0.354 e. The van der Waals surface area contributed by atoms with Crippen molar-refractivity contribution < 1.29 is 14.4 Å². The average Bonchev–Trinajstić information content (AvgIpc) is 3.16. The van der Waals surface area contributed by atoms with E-state index in [1.54, 1.807) is 21.9 Å². The first-order chi connectivity index (χ1) is 17.8. The van der Waals surface area contributed by atoms with Crippen LogP contribution in [-0.2, 0) is 16.1 Å². The van der Waals surface area contributed by atoms with Crippen LogP contribution < -0.4 is 10.2 Å². The first-order valence-electron chi connectivity index (χ1n) is 12.9. The van der Waals surface area contributed by atoms with Crippen LogP contribution in [-0.4, -0.2) is 41.8 Å². The number of benzene rings is 3. The molecule has 1 aliphatic rings. The number of nitrogens with zero attached hydrogens (tertiary/aromatic N) is 2. The van der Waals surface area contributed by atoms with E-state index in [0.717, 1.165) is 22.0 Å². The topological polar surface area (TPSA) is 69.7 Å². The van der Waals surface area contributed by atoms with Crippen LogP contribution in [0.1, 0.15) is 56.0 Å². The van der Waals surface area contributed by atoms with Crippen LogP contribution in [0.15, 0.2) is 60.7 Å². The molecule has 1 aliphatic heterocycles. The largest absolute Gasteiger partial charge is 0.354 e. The molecule has 6 nitrogen and oxygen atoms in total. The van der Waals surface area contributed by atoms with Crippen LogP contribution in [0.4, 0.5) is 5.69 Å². The molecular weight excluding hydrogens is 486 g/mol. The Morgan fingerprint density at radius 3 is 2.41 bits per heavy atom. The molecule has 0 aliphatic carbocycles. The highest BCUT2D eigenvalue weighted by Gasteiger charge is 2.31. The van der Waals surface area contributed by atoms with Crippen LogP contribution in [0.5, 0.6) is 0 Å². The molecule has 1 atom stereocenters. The lowest BCUT2D eigenvalue weighted by Crippen LogP contribution is -2.49. The molecule has 0 aromatic heterocycles. The van der Waals surface area contributed by atoms with E-state index < -0.39 is 6.04 Å². The molecule has 37 heavy (non-hydrogen) atoms. The Balaban J connectivity index is 1.47. The average molecular weight is 520 g/mol. The third-order valence-corrected chi connectivity index (χ3v) is 7.01. The van der Waals surface area contributed by atoms with Gasteiger partial charge in [0.15, 0.2) is 0 Å². The molecule has 3 amide bonds. The Hall–Kier alpha value is -3.38. The molecule has 0 saturated heterocycles. The second-order valence-electron chi connectivity index (χ2n) is 9.95. The number of rotatable bonds is 11. The van der Waals surface area contributed by atoms with Crippen molar-refractivity contribution in [1.82, 2.24) is 10.2 Å². The number of carbonyl (C=O) groups excluding carboxylic acids is 3. The van der Waals surface area contributed by atoms with E-state index in [9.17, 15) is 14.4 Å². The molecule has 0 fully saturated rings. The Labute approximate surface area is 223 Å². The third-order valence-electron chi connectivity index (χ3n) is 6.76. The monoisotopic (exact) mass is 519 g/mol. The second kappa shape index (κ2) is 11.8. The van der Waals surface area contributed by atoms with Gasteiger partial charge in [0.25, 0.3) is 5.91 Å². The Morgan fingerprint density at radius 2 is 1.73 bits per heavy atom. The zero-order chi connectivity index (χ0) is 26.5. The SMILES string of the molecule is CCC(C(=O)NCC(C)C)N(Cc1ccc(Cl)cc1)C(=O)CCCN1C(=O)c2cccc3cccc1c23. The normalized spacial score (nSPS) is 13.3. The van der Waals surface area contributed by atoms with Gasteiger partial charge < -0.3 is 15.1 Å². The lowest BCUT2D eigenvalue weighted by molar-refractivity contribution is -0.141. The molecule has 0 bridgehead atoms. The van der Waals surface area contributed by atoms with E-state index in [2.05, 4.69) is 5.32 Å². The molecule has 3 aromatic rings. The van der Waals surface area contributed by atoms with Crippen molar-refractivity contribution in [2.75, 3.05) is 18.0 Å². The van der Waals surface area contributed by atoms with Gasteiger partial charge in [-0.15, -0.1) is 0 Å². The summed E-state index contributed by atoms with van der Waals surface area (Å²) in [5, 5.41) is 5.61. The van der Waals surface area contributed by atoms with E-state index >= 15 is 0 Å². The fourth-order valence-electron chi connectivity index (χ4n) is 4.86. The summed E-state index contributed by atoms with van der Waals surface area (Å²) in [5.74, 6) is 0.0319. The number of hydrogen-bond donors (Lipinski definition) is 1. The molecule has 4 rings (SSSR count). The van der Waals surface area contributed by atoms with E-state index in [1.165, 1.54) is 0 Å². The Morgan fingerprint density at radius 1 is 1.03 bits per heavy atom. The first kappa shape index (κ1) is 26.7. The number of carbonyl (C=O) groups is 3. The van der Waals surface area contributed by atoms with Gasteiger partial charge in [0.05, 0.1) is 5.69 Å². The molecule has 1 unspecified atom stereocenters. The summed E-state index contributed by atoms with van der Waals surface area (Å²) in [6.45, 7) is 7.30. The van der Waals surface area contributed by atoms with Crippen molar-refractivity contribution in [2.45, 2.75) is 52.6 Å². The summed E-state index contributed by atoms with van der Waals surface area (Å²) >= 11 is 6.05. The van der Waals surface area contributed by atoms with Gasteiger partial charge in [-0.2, -0.15) is 0 Å². The quantitative estimate of drug-likeness (QED) is 0.347. The van der Waals surface area contributed by atoms with Crippen molar-refractivity contribution >= 4 is 45.8 Å². The lowest BCUT2D eigenvalue weighted by atomic mass is 10.1. The fraction of sp³-hybridized carbons (Fsp3) is 0.367. The minimum absolute atomic E-state index is 0.0308. The summed E-state index contributed by atoms with van der Waals surface area (Å²) in [7, 11) is 0. The standard InChI is InChI=1S/C30H34ClN3O3/c1-4-25(29(36)32-18-20(2)3)34(19-21-13-15-23(31)16-14-21)27(35)12-7-17-33-26-11-6-9-22-8-5-10-24(28(22)26)30(33)37/h5-6,8-11,13-16,20,25H,4,7,12,17-19H2,1-3H3,(H,32,36). The number of halogens is 1. The molecule has 0 radical (unpaired) electrons. The Kier molecular flexibility index (Phi) is 8.49. The van der Waals surface area contributed by atoms with Crippen molar-refractivity contribution in [2.24, 2.45) is 5.92 Å².